The molecule has 9 nitrogen and oxygen atoms in total. The van der Waals surface area contributed by atoms with Crippen molar-refractivity contribution in [2.45, 2.75) is 58.4 Å². The van der Waals surface area contributed by atoms with E-state index in [0.717, 1.165) is 25.8 Å². The Hall–Kier alpha value is -5.58. The first-order chi connectivity index (χ1) is 24.4. The van der Waals surface area contributed by atoms with Crippen LogP contribution in [0, 0.1) is 0 Å². The number of amides is 1. The van der Waals surface area contributed by atoms with E-state index in [9.17, 15) is 33.1 Å². The van der Waals surface area contributed by atoms with Crippen molar-refractivity contribution in [2.24, 2.45) is 0 Å². The van der Waals surface area contributed by atoms with Crippen LogP contribution in [-0.4, -0.2) is 53.3 Å². The van der Waals surface area contributed by atoms with E-state index in [4.69, 9.17) is 9.47 Å². The van der Waals surface area contributed by atoms with E-state index in [-0.39, 0.29) is 35.5 Å². The average molecular weight is 701 g/mol. The molecule has 0 radical (unpaired) electrons. The van der Waals surface area contributed by atoms with Gasteiger partial charge in [-0.3, -0.25) is 14.4 Å². The van der Waals surface area contributed by atoms with Gasteiger partial charge in [-0.25, -0.2) is 13.6 Å². The number of halogens is 2. The number of carbonyl (C=O) groups excluding carboxylic acids is 3. The number of carboxylic acid groups (broad SMARTS) is 1. The normalized spacial score (nSPS) is 11.1. The monoisotopic (exact) mass is 700 g/mol. The second-order valence-corrected chi connectivity index (χ2v) is 12.2. The van der Waals surface area contributed by atoms with Crippen LogP contribution in [0.2, 0.25) is 0 Å². The van der Waals surface area contributed by atoms with Crippen LogP contribution in [0.25, 0.3) is 0 Å². The van der Waals surface area contributed by atoms with Gasteiger partial charge in [0.2, 0.25) is 0 Å². The van der Waals surface area contributed by atoms with E-state index in [0.29, 0.717) is 29.2 Å². The van der Waals surface area contributed by atoms with Crippen LogP contribution in [0.5, 0.6) is 11.5 Å². The highest BCUT2D eigenvalue weighted by Gasteiger charge is 2.25. The van der Waals surface area contributed by atoms with Crippen molar-refractivity contribution < 1.29 is 42.5 Å². The summed E-state index contributed by atoms with van der Waals surface area (Å²) >= 11 is 0. The number of aliphatic carboxylic acids is 1. The molecule has 51 heavy (non-hydrogen) atoms. The first kappa shape index (κ1) is 38.2. The molecule has 0 aromatic heterocycles. The van der Waals surface area contributed by atoms with Crippen LogP contribution >= 0.6 is 0 Å². The predicted octanol–water partition coefficient (Wildman–Crippen LogP) is 8.39. The van der Waals surface area contributed by atoms with Gasteiger partial charge in [0.05, 0.1) is 18.7 Å². The number of alkyl halides is 2. The third-order valence-corrected chi connectivity index (χ3v) is 8.00. The molecule has 4 aromatic carbocycles. The zero-order chi connectivity index (χ0) is 36.8. The number of nitrogens with zero attached hydrogens (tertiary/aromatic N) is 1. The average Bonchev–Trinajstić information content (AvgIpc) is 3.12. The number of ether oxygens (including phenoxy) is 2. The third kappa shape index (κ3) is 12.1. The molecule has 0 unspecified atom stereocenters. The summed E-state index contributed by atoms with van der Waals surface area (Å²) in [5.74, 6) is -4.78. The number of carboxylic acids is 1. The van der Waals surface area contributed by atoms with Crippen LogP contribution in [-0.2, 0) is 17.3 Å². The maximum Gasteiger partial charge on any atom is 0.343 e. The molecule has 4 aromatic rings. The number of Topliss-reactive ketones (excluding diaryl/α,β-unsaturated/α-hetero) is 1. The second kappa shape index (κ2) is 18.4. The molecule has 0 saturated heterocycles. The zero-order valence-electron chi connectivity index (χ0n) is 28.7. The summed E-state index contributed by atoms with van der Waals surface area (Å²) in [4.78, 5) is 51.4. The summed E-state index contributed by atoms with van der Waals surface area (Å²) in [6.07, 6.45) is 5.70. The minimum atomic E-state index is -3.07. The number of benzene rings is 4. The summed E-state index contributed by atoms with van der Waals surface area (Å²) < 4.78 is 38.6. The van der Waals surface area contributed by atoms with Crippen molar-refractivity contribution in [3.63, 3.8) is 0 Å². The third-order valence-electron chi connectivity index (χ3n) is 8.00. The summed E-state index contributed by atoms with van der Waals surface area (Å²) in [7, 11) is 0. The van der Waals surface area contributed by atoms with E-state index in [1.165, 1.54) is 54.5 Å². The molecule has 1 amide bonds. The van der Waals surface area contributed by atoms with E-state index in [2.05, 4.69) is 12.2 Å². The quantitative estimate of drug-likeness (QED) is 0.0433. The van der Waals surface area contributed by atoms with Crippen LogP contribution in [0.1, 0.15) is 88.2 Å². The summed E-state index contributed by atoms with van der Waals surface area (Å²) in [5, 5.41) is 12.4. The molecule has 0 aliphatic heterocycles. The van der Waals surface area contributed by atoms with E-state index >= 15 is 0 Å². The van der Waals surface area contributed by atoms with Crippen LogP contribution in [0.15, 0.2) is 97.1 Å². The minimum Gasteiger partial charge on any atom is -0.494 e. The standard InChI is InChI=1S/C40H42F2N2O7/c1-3-4-5-6-7-23-50-34-21-15-30(16-22-34)39(49)51-35-19-11-28(12-20-35)26-44(27-37(46)47)38(48)29-13-17-33(18-14-29)43-25-36(45)31-9-8-10-32(24-31)40(2,41)42/h8-22,24,43H,3-7,23,25-27H2,1-2H3,(H,46,47). The van der Waals surface area contributed by atoms with Gasteiger partial charge in [-0.1, -0.05) is 62.9 Å². The zero-order valence-corrected chi connectivity index (χ0v) is 28.7. The number of carbonyl (C=O) groups is 4. The smallest absolute Gasteiger partial charge is 0.343 e. The van der Waals surface area contributed by atoms with Crippen molar-refractivity contribution >= 4 is 29.3 Å². The Balaban J connectivity index is 1.30. The lowest BCUT2D eigenvalue weighted by molar-refractivity contribution is -0.137. The van der Waals surface area contributed by atoms with Crippen molar-refractivity contribution in [1.29, 1.82) is 0 Å². The first-order valence-electron chi connectivity index (χ1n) is 16.8. The van der Waals surface area contributed by atoms with Crippen molar-refractivity contribution in [2.75, 3.05) is 25.0 Å². The summed E-state index contributed by atoms with van der Waals surface area (Å²) in [6.45, 7) is 2.81. The van der Waals surface area contributed by atoms with E-state index in [1.807, 2.05) is 0 Å². The molecule has 0 saturated carbocycles. The number of nitrogens with one attached hydrogen (secondary N) is 1. The lowest BCUT2D eigenvalue weighted by Crippen LogP contribution is -2.35. The van der Waals surface area contributed by atoms with Gasteiger partial charge in [0.1, 0.15) is 18.0 Å². The Morgan fingerprint density at radius 2 is 1.43 bits per heavy atom. The molecule has 0 atom stereocenters. The van der Waals surface area contributed by atoms with Gasteiger partial charge in [-0.15, -0.1) is 0 Å². The molecule has 0 bridgehead atoms. The highest BCUT2D eigenvalue weighted by molar-refractivity contribution is 5.99. The fraction of sp³-hybridized carbons (Fsp3) is 0.300. The predicted molar refractivity (Wildman–Crippen MR) is 190 cm³/mol. The van der Waals surface area contributed by atoms with Gasteiger partial charge in [0.25, 0.3) is 11.8 Å². The maximum atomic E-state index is 13.7. The number of rotatable bonds is 19. The van der Waals surface area contributed by atoms with Gasteiger partial charge in [0, 0.05) is 35.8 Å². The Bertz CT molecular complexity index is 1770. The summed E-state index contributed by atoms with van der Waals surface area (Å²) in [6, 6.07) is 24.6. The number of hydrogen-bond acceptors (Lipinski definition) is 7. The molecule has 0 aliphatic rings. The minimum absolute atomic E-state index is 0.0240. The fourth-order valence-corrected chi connectivity index (χ4v) is 5.16. The Morgan fingerprint density at radius 3 is 2.08 bits per heavy atom. The molecule has 0 spiro atoms. The maximum absolute atomic E-state index is 13.7. The number of esters is 1. The molecule has 2 N–H and O–H groups in total. The Morgan fingerprint density at radius 1 is 0.784 bits per heavy atom. The van der Waals surface area contributed by atoms with Gasteiger partial charge >= 0.3 is 11.9 Å². The van der Waals surface area contributed by atoms with Crippen LogP contribution < -0.4 is 14.8 Å². The number of anilines is 1. The molecule has 4 rings (SSSR count). The molecular formula is C40H42F2N2O7. The van der Waals surface area contributed by atoms with Gasteiger partial charge in [0.15, 0.2) is 5.78 Å². The topological polar surface area (TPSA) is 122 Å². The Labute approximate surface area is 296 Å². The largest absolute Gasteiger partial charge is 0.494 e. The number of unbranched alkanes of at least 4 members (excludes halogenated alkanes) is 4. The molecule has 0 heterocycles. The van der Waals surface area contributed by atoms with E-state index in [1.54, 1.807) is 60.7 Å². The molecule has 268 valence electrons. The first-order valence-corrected chi connectivity index (χ1v) is 16.8. The fourth-order valence-electron chi connectivity index (χ4n) is 5.16. The molecular weight excluding hydrogens is 658 g/mol. The lowest BCUT2D eigenvalue weighted by Gasteiger charge is -2.21. The summed E-state index contributed by atoms with van der Waals surface area (Å²) in [5.41, 5.74) is 1.58. The highest BCUT2D eigenvalue weighted by atomic mass is 19.3. The van der Waals surface area contributed by atoms with Crippen LogP contribution in [0.3, 0.4) is 0 Å². The second-order valence-electron chi connectivity index (χ2n) is 12.2. The van der Waals surface area contributed by atoms with Gasteiger partial charge < -0.3 is 24.8 Å². The SMILES string of the molecule is CCCCCCCOc1ccc(C(=O)Oc2ccc(CN(CC(=O)O)C(=O)c3ccc(NCC(=O)c4cccc(C(C)(F)F)c4)cc3)cc2)cc1. The lowest BCUT2D eigenvalue weighted by atomic mass is 10.0. The molecule has 11 heteroatoms. The van der Waals surface area contributed by atoms with Crippen molar-refractivity contribution in [3.05, 3.63) is 125 Å². The van der Waals surface area contributed by atoms with Gasteiger partial charge in [-0.05, 0) is 78.7 Å². The molecule has 0 fully saturated rings. The number of hydrogen-bond donors (Lipinski definition) is 2. The van der Waals surface area contributed by atoms with Crippen molar-refractivity contribution in [1.82, 2.24) is 4.90 Å². The molecule has 0 aliphatic carbocycles. The Kier molecular flexibility index (Phi) is 13.8. The van der Waals surface area contributed by atoms with Crippen LogP contribution in [0.4, 0.5) is 14.5 Å². The highest BCUT2D eigenvalue weighted by Crippen LogP contribution is 2.27. The van der Waals surface area contributed by atoms with E-state index < -0.39 is 36.1 Å². The van der Waals surface area contributed by atoms with Gasteiger partial charge in [-0.2, -0.15) is 0 Å². The van der Waals surface area contributed by atoms with Crippen molar-refractivity contribution in [3.8, 4) is 11.5 Å². The number of ketones is 1.